The zero-order valence-electron chi connectivity index (χ0n) is 29.5. The Kier molecular flexibility index (Phi) is 32.9. The molecule has 5 N–H and O–H groups in total. The molecular weight excluding hydrogens is 574 g/mol. The highest BCUT2D eigenvalue weighted by Gasteiger charge is 2.28. The minimum Gasteiger partial charge on any atom is -0.394 e. The Balaban J connectivity index is 4.01. The first kappa shape index (κ1) is 44.0. The maximum Gasteiger partial charge on any atom is 0.249 e. The predicted octanol–water partition coefficient (Wildman–Crippen LogP) is 8.95. The number of hydrogen-bond acceptors (Lipinski definition) is 5. The zero-order valence-corrected chi connectivity index (χ0v) is 29.5. The van der Waals surface area contributed by atoms with E-state index in [1.54, 1.807) is 6.08 Å². The van der Waals surface area contributed by atoms with Crippen molar-refractivity contribution < 1.29 is 25.2 Å². The van der Waals surface area contributed by atoms with Crippen LogP contribution in [0.5, 0.6) is 0 Å². The Morgan fingerprint density at radius 2 is 1.00 bits per heavy atom. The van der Waals surface area contributed by atoms with Gasteiger partial charge in [0.2, 0.25) is 5.91 Å². The van der Waals surface area contributed by atoms with E-state index < -0.39 is 36.9 Å². The number of allylic oxidation sites excluding steroid dienone is 9. The summed E-state index contributed by atoms with van der Waals surface area (Å²) in [5.41, 5.74) is 0. The molecule has 6 nitrogen and oxygen atoms in total. The molecular formula is C40H71NO5. The quantitative estimate of drug-likeness (QED) is 0.0371. The van der Waals surface area contributed by atoms with Gasteiger partial charge < -0.3 is 25.7 Å². The summed E-state index contributed by atoms with van der Waals surface area (Å²) in [6.45, 7) is 3.95. The molecule has 0 aliphatic carbocycles. The summed E-state index contributed by atoms with van der Waals surface area (Å²) in [4.78, 5) is 12.4. The minimum absolute atomic E-state index is 0.146. The predicted molar refractivity (Wildman–Crippen MR) is 196 cm³/mol. The van der Waals surface area contributed by atoms with E-state index in [4.69, 9.17) is 0 Å². The highest BCUT2D eigenvalue weighted by molar-refractivity contribution is 5.81. The Morgan fingerprint density at radius 1 is 0.565 bits per heavy atom. The largest absolute Gasteiger partial charge is 0.394 e. The van der Waals surface area contributed by atoms with Crippen LogP contribution < -0.4 is 5.32 Å². The van der Waals surface area contributed by atoms with Gasteiger partial charge in [0.05, 0.1) is 18.8 Å². The van der Waals surface area contributed by atoms with Crippen molar-refractivity contribution >= 4 is 5.91 Å². The van der Waals surface area contributed by atoms with Crippen LogP contribution in [0.1, 0.15) is 155 Å². The van der Waals surface area contributed by atoms with Crippen molar-refractivity contribution in [3.05, 3.63) is 60.8 Å². The number of carbonyl (C=O) groups is 1. The fourth-order valence-electron chi connectivity index (χ4n) is 5.12. The molecule has 0 saturated carbocycles. The summed E-state index contributed by atoms with van der Waals surface area (Å²) < 4.78 is 0. The summed E-state index contributed by atoms with van der Waals surface area (Å²) in [7, 11) is 0. The van der Waals surface area contributed by atoms with E-state index >= 15 is 0 Å². The van der Waals surface area contributed by atoms with Gasteiger partial charge in [-0.3, -0.25) is 4.79 Å². The molecule has 4 atom stereocenters. The highest BCUT2D eigenvalue weighted by atomic mass is 16.3. The van der Waals surface area contributed by atoms with E-state index in [9.17, 15) is 25.2 Å². The monoisotopic (exact) mass is 646 g/mol. The minimum atomic E-state index is -1.32. The van der Waals surface area contributed by atoms with Crippen LogP contribution in [0.2, 0.25) is 0 Å². The van der Waals surface area contributed by atoms with E-state index in [0.717, 1.165) is 44.9 Å². The zero-order chi connectivity index (χ0) is 33.9. The number of aliphatic hydroxyl groups excluding tert-OH is 4. The average molecular weight is 646 g/mol. The van der Waals surface area contributed by atoms with Gasteiger partial charge in [-0.05, 0) is 77.0 Å². The number of rotatable bonds is 32. The van der Waals surface area contributed by atoms with Crippen molar-refractivity contribution in [3.63, 3.8) is 0 Å². The topological polar surface area (TPSA) is 110 Å². The van der Waals surface area contributed by atoms with Crippen LogP contribution in [0.3, 0.4) is 0 Å². The second-order valence-electron chi connectivity index (χ2n) is 12.5. The lowest BCUT2D eigenvalue weighted by Gasteiger charge is -2.27. The third-order valence-electron chi connectivity index (χ3n) is 8.17. The molecule has 1 amide bonds. The normalized spacial score (nSPS) is 15.2. The van der Waals surface area contributed by atoms with Crippen molar-refractivity contribution in [2.24, 2.45) is 0 Å². The first-order valence-electron chi connectivity index (χ1n) is 18.7. The smallest absolute Gasteiger partial charge is 0.249 e. The lowest BCUT2D eigenvalue weighted by molar-refractivity contribution is -0.132. The van der Waals surface area contributed by atoms with E-state index in [2.05, 4.69) is 67.8 Å². The van der Waals surface area contributed by atoms with Gasteiger partial charge in [-0.1, -0.05) is 132 Å². The molecule has 0 saturated heterocycles. The average Bonchev–Trinajstić information content (AvgIpc) is 3.06. The van der Waals surface area contributed by atoms with Crippen molar-refractivity contribution in [1.82, 2.24) is 5.32 Å². The van der Waals surface area contributed by atoms with E-state index in [1.165, 1.54) is 77.0 Å². The Labute approximate surface area is 282 Å². The molecule has 0 rings (SSSR count). The molecule has 266 valence electrons. The van der Waals surface area contributed by atoms with Gasteiger partial charge in [0.25, 0.3) is 0 Å². The first-order chi connectivity index (χ1) is 22.5. The Morgan fingerprint density at radius 3 is 1.52 bits per heavy atom. The van der Waals surface area contributed by atoms with Crippen LogP contribution in [0, 0.1) is 0 Å². The van der Waals surface area contributed by atoms with Crippen molar-refractivity contribution in [3.8, 4) is 0 Å². The molecule has 0 heterocycles. The maximum atomic E-state index is 12.4. The molecule has 0 fully saturated rings. The van der Waals surface area contributed by atoms with E-state index in [1.807, 2.05) is 6.08 Å². The van der Waals surface area contributed by atoms with Crippen molar-refractivity contribution in [2.75, 3.05) is 6.61 Å². The highest BCUT2D eigenvalue weighted by Crippen LogP contribution is 2.11. The van der Waals surface area contributed by atoms with Gasteiger partial charge in [0.1, 0.15) is 12.2 Å². The van der Waals surface area contributed by atoms with E-state index in [0.29, 0.717) is 12.8 Å². The number of hydrogen-bond donors (Lipinski definition) is 5. The molecule has 0 spiro atoms. The number of aliphatic hydroxyl groups is 4. The number of unbranched alkanes of at least 4 members (excludes halogenated alkanes) is 14. The van der Waals surface area contributed by atoms with Crippen LogP contribution >= 0.6 is 0 Å². The van der Waals surface area contributed by atoms with Gasteiger partial charge in [-0.25, -0.2) is 0 Å². The second-order valence-corrected chi connectivity index (χ2v) is 12.5. The third kappa shape index (κ3) is 28.3. The van der Waals surface area contributed by atoms with Crippen LogP contribution in [-0.4, -0.2) is 57.3 Å². The molecule has 0 aromatic carbocycles. The van der Waals surface area contributed by atoms with Crippen LogP contribution in [0.15, 0.2) is 60.8 Å². The maximum absolute atomic E-state index is 12.4. The van der Waals surface area contributed by atoms with Gasteiger partial charge in [-0.2, -0.15) is 0 Å². The molecule has 0 radical (unpaired) electrons. The first-order valence-corrected chi connectivity index (χ1v) is 18.7. The van der Waals surface area contributed by atoms with Crippen LogP contribution in [-0.2, 0) is 4.79 Å². The second kappa shape index (κ2) is 34.3. The van der Waals surface area contributed by atoms with E-state index in [-0.39, 0.29) is 6.42 Å². The molecule has 0 aromatic rings. The summed E-state index contributed by atoms with van der Waals surface area (Å²) in [6.07, 6.45) is 41.2. The summed E-state index contributed by atoms with van der Waals surface area (Å²) in [5.74, 6) is -0.671. The molecule has 46 heavy (non-hydrogen) atoms. The molecule has 6 heteroatoms. The Hall–Kier alpha value is -1.99. The molecule has 0 aliphatic rings. The lowest BCUT2D eigenvalue weighted by Crippen LogP contribution is -2.52. The SMILES string of the molecule is CCCCCCC/C=C/CC/C=C/CC/C=C/CCCC(O)C(O)C(CO)NC(=O)C(O)C/C=C\C/C=C\CCCCCCCC. The van der Waals surface area contributed by atoms with Gasteiger partial charge in [0.15, 0.2) is 0 Å². The summed E-state index contributed by atoms with van der Waals surface area (Å²) in [5, 5.41) is 43.2. The molecule has 0 aliphatic heterocycles. The fraction of sp³-hybridized carbons (Fsp3) is 0.725. The van der Waals surface area contributed by atoms with Crippen LogP contribution in [0.25, 0.3) is 0 Å². The Bertz CT molecular complexity index is 818. The number of carbonyl (C=O) groups excluding carboxylic acids is 1. The van der Waals surface area contributed by atoms with Crippen molar-refractivity contribution in [1.29, 1.82) is 0 Å². The standard InChI is InChI=1S/C40H71NO5/c1-3-5-7-9-11-13-15-17-18-19-20-21-22-24-25-27-29-31-33-37(43)39(45)36(35-42)41-40(46)38(44)34-32-30-28-26-23-16-14-12-10-8-6-4-2/h15,17,20-21,23,25-27,30,32,36-39,42-45H,3-14,16,18-19,22,24,28-29,31,33-35H2,1-2H3,(H,41,46)/b17-15+,21-20+,26-23-,27-25+,32-30-. The molecule has 4 unspecified atom stereocenters. The van der Waals surface area contributed by atoms with Crippen molar-refractivity contribution in [2.45, 2.75) is 179 Å². The number of nitrogens with one attached hydrogen (secondary N) is 1. The van der Waals surface area contributed by atoms with Gasteiger partial charge >= 0.3 is 0 Å². The molecule has 0 bridgehead atoms. The lowest BCUT2D eigenvalue weighted by atomic mass is 10.0. The summed E-state index contributed by atoms with van der Waals surface area (Å²) >= 11 is 0. The third-order valence-corrected chi connectivity index (χ3v) is 8.17. The van der Waals surface area contributed by atoms with Gasteiger partial charge in [0, 0.05) is 6.42 Å². The summed E-state index contributed by atoms with van der Waals surface area (Å²) in [6, 6.07) is -1.04. The molecule has 0 aromatic heterocycles. The van der Waals surface area contributed by atoms with Gasteiger partial charge in [-0.15, -0.1) is 0 Å². The fourth-order valence-corrected chi connectivity index (χ4v) is 5.12. The van der Waals surface area contributed by atoms with Crippen LogP contribution in [0.4, 0.5) is 0 Å². The number of amides is 1.